The number of ether oxygens (including phenoxy) is 3. The number of rotatable bonds is 6. The first-order valence-electron chi connectivity index (χ1n) is 13.2. The lowest BCUT2D eigenvalue weighted by atomic mass is 10.1. The van der Waals surface area contributed by atoms with Gasteiger partial charge < -0.3 is 24.4 Å². The highest BCUT2D eigenvalue weighted by Gasteiger charge is 2.28. The van der Waals surface area contributed by atoms with Gasteiger partial charge in [-0.2, -0.15) is 5.10 Å². The van der Waals surface area contributed by atoms with E-state index in [2.05, 4.69) is 16.3 Å². The number of fused-ring (bicyclic) bond motifs is 2. The highest BCUT2D eigenvalue weighted by molar-refractivity contribution is 5.84. The predicted molar refractivity (Wildman–Crippen MR) is 155 cm³/mol. The van der Waals surface area contributed by atoms with Gasteiger partial charge in [0.1, 0.15) is 5.75 Å². The van der Waals surface area contributed by atoms with Gasteiger partial charge in [-0.15, -0.1) is 0 Å². The van der Waals surface area contributed by atoms with Crippen LogP contribution in [0.4, 0.5) is 10.5 Å². The zero-order valence-electron chi connectivity index (χ0n) is 23.0. The molecule has 1 saturated heterocycles. The van der Waals surface area contributed by atoms with Crippen molar-refractivity contribution in [1.29, 1.82) is 0 Å². The van der Waals surface area contributed by atoms with E-state index >= 15 is 0 Å². The Morgan fingerprint density at radius 2 is 1.75 bits per heavy atom. The maximum Gasteiger partial charge on any atom is 0.412 e. The van der Waals surface area contributed by atoms with E-state index in [0.717, 1.165) is 57.7 Å². The van der Waals surface area contributed by atoms with E-state index in [1.807, 2.05) is 79.0 Å². The summed E-state index contributed by atoms with van der Waals surface area (Å²) in [6.45, 7) is 5.38. The van der Waals surface area contributed by atoms with Crippen LogP contribution in [0.25, 0.3) is 27.7 Å². The standard InChI is InChI=1S/C31H31N5O4/c1-19-15-26(30-32-20(2)29(36(30)34-19)23-10-12-27(38-3)28(17-23)39-4)35-14-13-24(18-35)33-31(37)40-25-11-9-21-7-5-6-8-22(21)16-25/h5-12,15-17,24H,13-14,18H2,1-4H3,(H,33,37)/t24-/m1/s1. The van der Waals surface area contributed by atoms with Crippen molar-refractivity contribution in [1.82, 2.24) is 19.9 Å². The SMILES string of the molecule is COc1ccc(-c2c(C)nc3c(N4CC[C@@H](NC(=O)Oc5ccc6ccccc6c5)C4)cc(C)nn23)cc1OC. The smallest absolute Gasteiger partial charge is 0.412 e. The van der Waals surface area contributed by atoms with Crippen LogP contribution < -0.4 is 24.4 Å². The molecule has 1 amide bonds. The monoisotopic (exact) mass is 537 g/mol. The number of anilines is 1. The van der Waals surface area contributed by atoms with E-state index in [1.54, 1.807) is 14.2 Å². The Labute approximate surface area is 232 Å². The molecule has 0 spiro atoms. The number of aryl methyl sites for hydroxylation is 2. The largest absolute Gasteiger partial charge is 0.493 e. The fourth-order valence-corrected chi connectivity index (χ4v) is 5.41. The summed E-state index contributed by atoms with van der Waals surface area (Å²) in [5.41, 5.74) is 5.31. The lowest BCUT2D eigenvalue weighted by Crippen LogP contribution is -2.38. The molecule has 3 heterocycles. The number of carbonyl (C=O) groups is 1. The van der Waals surface area contributed by atoms with Crippen LogP contribution in [-0.4, -0.2) is 54.0 Å². The normalized spacial score (nSPS) is 15.0. The highest BCUT2D eigenvalue weighted by atomic mass is 16.6. The first kappa shape index (κ1) is 25.5. The van der Waals surface area contributed by atoms with Crippen LogP contribution in [0, 0.1) is 13.8 Å². The number of amides is 1. The van der Waals surface area contributed by atoms with Crippen molar-refractivity contribution >= 4 is 28.2 Å². The molecule has 0 aliphatic carbocycles. The van der Waals surface area contributed by atoms with Gasteiger partial charge in [0.25, 0.3) is 0 Å². The summed E-state index contributed by atoms with van der Waals surface area (Å²) >= 11 is 0. The third kappa shape index (κ3) is 4.75. The molecule has 9 nitrogen and oxygen atoms in total. The van der Waals surface area contributed by atoms with Gasteiger partial charge in [-0.25, -0.2) is 14.3 Å². The second-order valence-electron chi connectivity index (χ2n) is 10.00. The molecule has 1 aliphatic rings. The van der Waals surface area contributed by atoms with Crippen molar-refractivity contribution in [3.63, 3.8) is 0 Å². The molecule has 0 bridgehead atoms. The number of hydrogen-bond donors (Lipinski definition) is 1. The van der Waals surface area contributed by atoms with E-state index in [9.17, 15) is 4.79 Å². The number of nitrogens with one attached hydrogen (secondary N) is 1. The summed E-state index contributed by atoms with van der Waals surface area (Å²) in [6, 6.07) is 21.4. The maximum absolute atomic E-state index is 12.7. The number of methoxy groups -OCH3 is 2. The van der Waals surface area contributed by atoms with Crippen molar-refractivity contribution in [2.24, 2.45) is 0 Å². The Balaban J connectivity index is 1.22. The van der Waals surface area contributed by atoms with Crippen molar-refractivity contribution in [3.05, 3.63) is 78.1 Å². The molecule has 1 fully saturated rings. The molecule has 1 N–H and O–H groups in total. The van der Waals surface area contributed by atoms with Gasteiger partial charge in [-0.3, -0.25) is 0 Å². The second kappa shape index (κ2) is 10.4. The molecule has 1 aliphatic heterocycles. The second-order valence-corrected chi connectivity index (χ2v) is 10.00. The number of benzene rings is 3. The van der Waals surface area contributed by atoms with Crippen LogP contribution in [0.15, 0.2) is 66.7 Å². The van der Waals surface area contributed by atoms with Gasteiger partial charge in [0.15, 0.2) is 17.1 Å². The molecule has 204 valence electrons. The molecule has 0 saturated carbocycles. The molecule has 5 aromatic rings. The number of nitrogens with zero attached hydrogens (tertiary/aromatic N) is 4. The molecule has 1 atom stereocenters. The Bertz CT molecular complexity index is 1730. The van der Waals surface area contributed by atoms with Crippen LogP contribution in [0.5, 0.6) is 17.2 Å². The van der Waals surface area contributed by atoms with Gasteiger partial charge in [0.05, 0.1) is 43.0 Å². The van der Waals surface area contributed by atoms with E-state index in [4.69, 9.17) is 24.3 Å². The summed E-state index contributed by atoms with van der Waals surface area (Å²) in [7, 11) is 3.24. The number of imidazole rings is 1. The minimum Gasteiger partial charge on any atom is -0.493 e. The number of aromatic nitrogens is 3. The highest BCUT2D eigenvalue weighted by Crippen LogP contribution is 2.36. The van der Waals surface area contributed by atoms with E-state index in [0.29, 0.717) is 23.8 Å². The Kier molecular flexibility index (Phi) is 6.63. The Morgan fingerprint density at radius 3 is 2.55 bits per heavy atom. The molecule has 0 radical (unpaired) electrons. The van der Waals surface area contributed by atoms with Crippen LogP contribution in [-0.2, 0) is 0 Å². The molecule has 2 aromatic heterocycles. The lowest BCUT2D eigenvalue weighted by molar-refractivity contribution is 0.197. The van der Waals surface area contributed by atoms with E-state index in [1.165, 1.54) is 0 Å². The number of hydrogen-bond acceptors (Lipinski definition) is 7. The molecule has 3 aromatic carbocycles. The maximum atomic E-state index is 12.7. The minimum absolute atomic E-state index is 0.0529. The molecular weight excluding hydrogens is 506 g/mol. The van der Waals surface area contributed by atoms with Gasteiger partial charge >= 0.3 is 6.09 Å². The summed E-state index contributed by atoms with van der Waals surface area (Å²) in [4.78, 5) is 19.9. The lowest BCUT2D eigenvalue weighted by Gasteiger charge is -2.20. The van der Waals surface area contributed by atoms with Gasteiger partial charge in [-0.05, 0) is 67.4 Å². The summed E-state index contributed by atoms with van der Waals surface area (Å²) in [6.07, 6.45) is 0.341. The predicted octanol–water partition coefficient (Wildman–Crippen LogP) is 5.55. The minimum atomic E-state index is -0.453. The van der Waals surface area contributed by atoms with Crippen LogP contribution in [0.3, 0.4) is 0 Å². The van der Waals surface area contributed by atoms with Gasteiger partial charge in [-0.1, -0.05) is 30.3 Å². The van der Waals surface area contributed by atoms with Gasteiger partial charge in [0, 0.05) is 18.7 Å². The Morgan fingerprint density at radius 1 is 0.950 bits per heavy atom. The fourth-order valence-electron chi connectivity index (χ4n) is 5.41. The number of carbonyl (C=O) groups excluding carboxylic acids is 1. The average Bonchev–Trinajstić information content (AvgIpc) is 3.55. The molecule has 9 heteroatoms. The molecular formula is C31H31N5O4. The quantitative estimate of drug-likeness (QED) is 0.304. The van der Waals surface area contributed by atoms with Crippen molar-refractivity contribution in [3.8, 4) is 28.5 Å². The topological polar surface area (TPSA) is 90.2 Å². The van der Waals surface area contributed by atoms with Crippen LogP contribution in [0.1, 0.15) is 17.8 Å². The zero-order valence-corrected chi connectivity index (χ0v) is 23.0. The summed E-state index contributed by atoms with van der Waals surface area (Å²) in [5, 5.41) is 9.97. The first-order valence-corrected chi connectivity index (χ1v) is 13.2. The third-order valence-electron chi connectivity index (χ3n) is 7.30. The van der Waals surface area contributed by atoms with Crippen LogP contribution in [0.2, 0.25) is 0 Å². The van der Waals surface area contributed by atoms with Crippen LogP contribution >= 0.6 is 0 Å². The summed E-state index contributed by atoms with van der Waals surface area (Å²) < 4.78 is 18.4. The van der Waals surface area contributed by atoms with Crippen molar-refractivity contribution < 1.29 is 19.0 Å². The molecule has 40 heavy (non-hydrogen) atoms. The molecule has 6 rings (SSSR count). The third-order valence-corrected chi connectivity index (χ3v) is 7.30. The van der Waals surface area contributed by atoms with E-state index in [-0.39, 0.29) is 6.04 Å². The fraction of sp³-hybridized carbons (Fsp3) is 0.258. The average molecular weight is 538 g/mol. The van der Waals surface area contributed by atoms with Gasteiger partial charge in [0.2, 0.25) is 0 Å². The van der Waals surface area contributed by atoms with Crippen molar-refractivity contribution in [2.75, 3.05) is 32.2 Å². The summed E-state index contributed by atoms with van der Waals surface area (Å²) in [5.74, 6) is 1.83. The molecule has 0 unspecified atom stereocenters. The first-order chi connectivity index (χ1) is 19.4. The van der Waals surface area contributed by atoms with E-state index < -0.39 is 6.09 Å². The van der Waals surface area contributed by atoms with Crippen molar-refractivity contribution in [2.45, 2.75) is 26.3 Å². The zero-order chi connectivity index (χ0) is 27.8. The Hall–Kier alpha value is -4.79.